The van der Waals surface area contributed by atoms with Gasteiger partial charge in [-0.2, -0.15) is 0 Å². The van der Waals surface area contributed by atoms with Crippen molar-refractivity contribution in [1.82, 2.24) is 0 Å². The second-order valence-electron chi connectivity index (χ2n) is 4.51. The number of aliphatic hydroxyl groups is 1. The number of hydrogen-bond donors (Lipinski definition) is 2. The zero-order chi connectivity index (χ0) is 12.0. The van der Waals surface area contributed by atoms with Crippen molar-refractivity contribution in [2.75, 3.05) is 19.8 Å². The van der Waals surface area contributed by atoms with E-state index in [1.807, 2.05) is 30.3 Å². The van der Waals surface area contributed by atoms with Gasteiger partial charge in [-0.25, -0.2) is 0 Å². The molecule has 0 amide bonds. The van der Waals surface area contributed by atoms with E-state index in [0.717, 1.165) is 5.56 Å². The summed E-state index contributed by atoms with van der Waals surface area (Å²) in [5.41, 5.74) is 5.36. The third kappa shape index (κ3) is 3.59. The van der Waals surface area contributed by atoms with Crippen molar-refractivity contribution in [2.24, 2.45) is 11.7 Å². The van der Waals surface area contributed by atoms with E-state index in [9.17, 15) is 5.11 Å². The smallest absolute Gasteiger partial charge is 0.125 e. The van der Waals surface area contributed by atoms with E-state index in [0.29, 0.717) is 12.5 Å². The molecule has 1 atom stereocenters. The summed E-state index contributed by atoms with van der Waals surface area (Å²) in [6.45, 7) is 5.18. The highest BCUT2D eigenvalue weighted by Gasteiger charge is 2.27. The molecule has 1 rings (SSSR count). The fraction of sp³-hybridized carbons (Fsp3) is 0.538. The molecule has 1 aromatic carbocycles. The highest BCUT2D eigenvalue weighted by atomic mass is 16.5. The van der Waals surface area contributed by atoms with E-state index >= 15 is 0 Å². The molecule has 0 saturated carbocycles. The van der Waals surface area contributed by atoms with Gasteiger partial charge < -0.3 is 15.6 Å². The maximum absolute atomic E-state index is 10.4. The van der Waals surface area contributed by atoms with Crippen molar-refractivity contribution < 1.29 is 9.84 Å². The minimum Gasteiger partial charge on any atom is -0.381 e. The van der Waals surface area contributed by atoms with Gasteiger partial charge in [0.2, 0.25) is 0 Å². The minimum atomic E-state index is -1.07. The largest absolute Gasteiger partial charge is 0.381 e. The molecule has 0 fully saturated rings. The van der Waals surface area contributed by atoms with E-state index in [1.165, 1.54) is 0 Å². The van der Waals surface area contributed by atoms with Crippen LogP contribution in [-0.2, 0) is 10.3 Å². The molecule has 3 N–H and O–H groups in total. The summed E-state index contributed by atoms with van der Waals surface area (Å²) in [7, 11) is 0. The Morgan fingerprint density at radius 3 is 2.44 bits per heavy atom. The summed E-state index contributed by atoms with van der Waals surface area (Å²) in [6, 6.07) is 9.42. The summed E-state index contributed by atoms with van der Waals surface area (Å²) in [5.74, 6) is 0.456. The van der Waals surface area contributed by atoms with Gasteiger partial charge in [-0.1, -0.05) is 44.2 Å². The molecule has 0 aromatic heterocycles. The lowest BCUT2D eigenvalue weighted by atomic mass is 9.95. The van der Waals surface area contributed by atoms with Crippen molar-refractivity contribution in [1.29, 1.82) is 0 Å². The first-order valence-corrected chi connectivity index (χ1v) is 5.64. The number of ether oxygens (including phenoxy) is 1. The Kier molecular flexibility index (Phi) is 4.93. The highest BCUT2D eigenvalue weighted by molar-refractivity contribution is 5.22. The standard InChI is InChI=1S/C13H21NO2/c1-11(2)8-16-10-13(15,9-14)12-6-4-3-5-7-12/h3-7,11,15H,8-10,14H2,1-2H3. The Hall–Kier alpha value is -0.900. The monoisotopic (exact) mass is 223 g/mol. The molecular formula is C13H21NO2. The summed E-state index contributed by atoms with van der Waals surface area (Å²) in [5, 5.41) is 10.4. The molecule has 0 radical (unpaired) electrons. The van der Waals surface area contributed by atoms with Crippen LogP contribution in [0.5, 0.6) is 0 Å². The molecule has 1 unspecified atom stereocenters. The normalized spacial score (nSPS) is 15.1. The Labute approximate surface area is 97.2 Å². The zero-order valence-electron chi connectivity index (χ0n) is 10.0. The lowest BCUT2D eigenvalue weighted by Gasteiger charge is -2.27. The van der Waals surface area contributed by atoms with Gasteiger partial charge >= 0.3 is 0 Å². The van der Waals surface area contributed by atoms with Gasteiger partial charge in [0.25, 0.3) is 0 Å². The molecule has 16 heavy (non-hydrogen) atoms. The maximum Gasteiger partial charge on any atom is 0.125 e. The van der Waals surface area contributed by atoms with Crippen LogP contribution < -0.4 is 5.73 Å². The third-order valence-electron chi connectivity index (χ3n) is 2.44. The van der Waals surface area contributed by atoms with Gasteiger partial charge in [0.1, 0.15) is 5.60 Å². The van der Waals surface area contributed by atoms with Crippen molar-refractivity contribution in [3.05, 3.63) is 35.9 Å². The first kappa shape index (κ1) is 13.2. The maximum atomic E-state index is 10.4. The second kappa shape index (κ2) is 5.99. The van der Waals surface area contributed by atoms with Crippen molar-refractivity contribution >= 4 is 0 Å². The molecule has 0 bridgehead atoms. The summed E-state index contributed by atoms with van der Waals surface area (Å²) in [6.07, 6.45) is 0. The lowest BCUT2D eigenvalue weighted by molar-refractivity contribution is -0.0502. The van der Waals surface area contributed by atoms with E-state index in [4.69, 9.17) is 10.5 Å². The van der Waals surface area contributed by atoms with Crippen LogP contribution in [0, 0.1) is 5.92 Å². The SMILES string of the molecule is CC(C)COCC(O)(CN)c1ccccc1. The van der Waals surface area contributed by atoms with Crippen LogP contribution in [-0.4, -0.2) is 24.9 Å². The molecule has 0 aliphatic heterocycles. The Bertz CT molecular complexity index is 300. The number of nitrogens with two attached hydrogens (primary N) is 1. The molecule has 0 aliphatic rings. The molecule has 0 saturated heterocycles. The van der Waals surface area contributed by atoms with Crippen LogP contribution in [0.4, 0.5) is 0 Å². The van der Waals surface area contributed by atoms with E-state index in [2.05, 4.69) is 13.8 Å². The molecule has 3 nitrogen and oxygen atoms in total. The quantitative estimate of drug-likeness (QED) is 0.768. The number of benzene rings is 1. The Morgan fingerprint density at radius 1 is 1.31 bits per heavy atom. The first-order valence-electron chi connectivity index (χ1n) is 5.64. The second-order valence-corrected chi connectivity index (χ2v) is 4.51. The molecule has 90 valence electrons. The van der Waals surface area contributed by atoms with Gasteiger partial charge in [0.15, 0.2) is 0 Å². The number of hydrogen-bond acceptors (Lipinski definition) is 3. The van der Waals surface area contributed by atoms with E-state index in [-0.39, 0.29) is 13.2 Å². The molecule has 3 heteroatoms. The fourth-order valence-electron chi connectivity index (χ4n) is 1.47. The highest BCUT2D eigenvalue weighted by Crippen LogP contribution is 2.20. The molecule has 0 heterocycles. The van der Waals surface area contributed by atoms with Gasteiger partial charge in [0.05, 0.1) is 6.61 Å². The van der Waals surface area contributed by atoms with Crippen LogP contribution in [0.1, 0.15) is 19.4 Å². The van der Waals surface area contributed by atoms with Crippen LogP contribution in [0.25, 0.3) is 0 Å². The average molecular weight is 223 g/mol. The predicted molar refractivity (Wildman–Crippen MR) is 65.1 cm³/mol. The van der Waals surface area contributed by atoms with Crippen LogP contribution in [0.3, 0.4) is 0 Å². The van der Waals surface area contributed by atoms with Gasteiger partial charge in [0, 0.05) is 13.2 Å². The molecule has 0 spiro atoms. The summed E-state index contributed by atoms with van der Waals surface area (Å²) in [4.78, 5) is 0. The minimum absolute atomic E-state index is 0.162. The lowest BCUT2D eigenvalue weighted by Crippen LogP contribution is -2.39. The van der Waals surface area contributed by atoms with Crippen molar-refractivity contribution in [3.8, 4) is 0 Å². The van der Waals surface area contributed by atoms with Gasteiger partial charge in [-0.05, 0) is 11.5 Å². The van der Waals surface area contributed by atoms with Crippen LogP contribution >= 0.6 is 0 Å². The van der Waals surface area contributed by atoms with Crippen LogP contribution in [0.15, 0.2) is 30.3 Å². The summed E-state index contributed by atoms with van der Waals surface area (Å²) < 4.78 is 5.48. The molecule has 1 aromatic rings. The molecular weight excluding hydrogens is 202 g/mol. The van der Waals surface area contributed by atoms with Crippen molar-refractivity contribution in [2.45, 2.75) is 19.4 Å². The zero-order valence-corrected chi connectivity index (χ0v) is 10.0. The van der Waals surface area contributed by atoms with Gasteiger partial charge in [-0.15, -0.1) is 0 Å². The predicted octanol–water partition coefficient (Wildman–Crippen LogP) is 1.51. The summed E-state index contributed by atoms with van der Waals surface area (Å²) >= 11 is 0. The number of rotatable bonds is 6. The Morgan fingerprint density at radius 2 is 1.94 bits per heavy atom. The molecule has 0 aliphatic carbocycles. The fourth-order valence-corrected chi connectivity index (χ4v) is 1.47. The first-order chi connectivity index (χ1) is 7.58. The van der Waals surface area contributed by atoms with Crippen LogP contribution in [0.2, 0.25) is 0 Å². The van der Waals surface area contributed by atoms with Gasteiger partial charge in [-0.3, -0.25) is 0 Å². The van der Waals surface area contributed by atoms with E-state index in [1.54, 1.807) is 0 Å². The topological polar surface area (TPSA) is 55.5 Å². The Balaban J connectivity index is 2.63. The van der Waals surface area contributed by atoms with E-state index < -0.39 is 5.60 Å². The van der Waals surface area contributed by atoms with Crippen molar-refractivity contribution in [3.63, 3.8) is 0 Å². The average Bonchev–Trinajstić information content (AvgIpc) is 2.29. The third-order valence-corrected chi connectivity index (χ3v) is 2.44.